The molecule has 1 radical (unpaired) electrons. The Balaban J connectivity index is 1.73. The number of alkyl carbamates (subject to hydrolysis) is 1. The van der Waals surface area contributed by atoms with Gasteiger partial charge in [0.1, 0.15) is 0 Å². The number of halogens is 1. The second kappa shape index (κ2) is 9.52. The molecule has 0 spiro atoms. The van der Waals surface area contributed by atoms with Gasteiger partial charge in [0.05, 0.1) is 12.0 Å². The Labute approximate surface area is 147 Å². The van der Waals surface area contributed by atoms with E-state index in [0.29, 0.717) is 11.4 Å². The Hall–Kier alpha value is -1.75. The van der Waals surface area contributed by atoms with Crippen molar-refractivity contribution in [3.05, 3.63) is 41.8 Å². The van der Waals surface area contributed by atoms with Gasteiger partial charge in [-0.25, -0.2) is 4.79 Å². The molecule has 1 aromatic carbocycles. The zero-order chi connectivity index (χ0) is 17.4. The number of hydrogen-bond donors (Lipinski definition) is 1. The first-order valence-corrected chi connectivity index (χ1v) is 8.62. The van der Waals surface area contributed by atoms with Crippen LogP contribution in [0.1, 0.15) is 50.1 Å². The van der Waals surface area contributed by atoms with E-state index in [1.54, 1.807) is 12.1 Å². The molecule has 1 N–H and O–H groups in total. The number of hydrogen-bond acceptors (Lipinski definition) is 4. The van der Waals surface area contributed by atoms with E-state index >= 15 is 0 Å². The maximum atomic E-state index is 11.9. The first-order chi connectivity index (χ1) is 11.6. The lowest BCUT2D eigenvalue weighted by atomic mass is 9.89. The molecule has 0 aromatic heterocycles. The Morgan fingerprint density at radius 3 is 2.46 bits per heavy atom. The minimum absolute atomic E-state index is 0.0629. The average Bonchev–Trinajstić information content (AvgIpc) is 2.61. The third-order valence-corrected chi connectivity index (χ3v) is 4.43. The van der Waals surface area contributed by atoms with Crippen LogP contribution >= 0.6 is 11.6 Å². The molecule has 1 unspecified atom stereocenters. The minimum atomic E-state index is -0.643. The molecule has 131 valence electrons. The number of esters is 1. The molecule has 0 saturated heterocycles. The highest BCUT2D eigenvalue weighted by Gasteiger charge is 2.23. The third-order valence-electron chi connectivity index (χ3n) is 4.18. The van der Waals surface area contributed by atoms with E-state index in [9.17, 15) is 9.59 Å². The Kier molecular flexibility index (Phi) is 7.37. The fourth-order valence-corrected chi connectivity index (χ4v) is 2.92. The summed E-state index contributed by atoms with van der Waals surface area (Å²) in [6.07, 6.45) is 4.78. The van der Waals surface area contributed by atoms with Crippen molar-refractivity contribution in [1.82, 2.24) is 5.32 Å². The number of nitrogens with one attached hydrogen (secondary N) is 1. The highest BCUT2D eigenvalue weighted by atomic mass is 35.5. The van der Waals surface area contributed by atoms with E-state index < -0.39 is 6.09 Å². The smallest absolute Gasteiger partial charge is 0.410 e. The van der Waals surface area contributed by atoms with Gasteiger partial charge in [-0.2, -0.15) is 0 Å². The van der Waals surface area contributed by atoms with Crippen LogP contribution in [-0.2, 0) is 14.3 Å². The molecule has 2 rings (SSSR count). The SMILES string of the molecule is [CH2]CC(NC(=O)OCOC(=O)C1CCCCC1)c1ccc(Cl)cc1. The molecule has 24 heavy (non-hydrogen) atoms. The van der Waals surface area contributed by atoms with Gasteiger partial charge in [-0.3, -0.25) is 4.79 Å². The monoisotopic (exact) mass is 352 g/mol. The van der Waals surface area contributed by atoms with E-state index in [0.717, 1.165) is 31.2 Å². The Morgan fingerprint density at radius 1 is 1.17 bits per heavy atom. The van der Waals surface area contributed by atoms with Crippen molar-refractivity contribution in [2.45, 2.75) is 44.6 Å². The normalized spacial score (nSPS) is 16.2. The van der Waals surface area contributed by atoms with Gasteiger partial charge in [0.15, 0.2) is 0 Å². The van der Waals surface area contributed by atoms with Crippen molar-refractivity contribution in [3.63, 3.8) is 0 Å². The van der Waals surface area contributed by atoms with Gasteiger partial charge in [0, 0.05) is 5.02 Å². The van der Waals surface area contributed by atoms with Crippen molar-refractivity contribution in [2.75, 3.05) is 6.79 Å². The lowest BCUT2D eigenvalue weighted by Crippen LogP contribution is -2.30. The predicted molar refractivity (Wildman–Crippen MR) is 91.3 cm³/mol. The number of amides is 1. The summed E-state index contributed by atoms with van der Waals surface area (Å²) in [5, 5.41) is 3.32. The van der Waals surface area contributed by atoms with E-state index in [1.165, 1.54) is 6.42 Å². The summed E-state index contributed by atoms with van der Waals surface area (Å²) in [6.45, 7) is 3.45. The number of ether oxygens (including phenoxy) is 2. The van der Waals surface area contributed by atoms with E-state index in [1.807, 2.05) is 12.1 Å². The van der Waals surface area contributed by atoms with Crippen LogP contribution in [0.4, 0.5) is 4.79 Å². The van der Waals surface area contributed by atoms with Crippen LogP contribution in [0.2, 0.25) is 5.02 Å². The van der Waals surface area contributed by atoms with Crippen LogP contribution in [0, 0.1) is 12.8 Å². The number of carbonyl (C=O) groups excluding carboxylic acids is 2. The second-order valence-corrected chi connectivity index (χ2v) is 6.32. The molecule has 1 aromatic rings. The zero-order valence-electron chi connectivity index (χ0n) is 13.6. The summed E-state index contributed by atoms with van der Waals surface area (Å²) in [4.78, 5) is 23.7. The molecular weight excluding hydrogens is 330 g/mol. The molecule has 1 fully saturated rings. The zero-order valence-corrected chi connectivity index (χ0v) is 14.4. The highest BCUT2D eigenvalue weighted by Crippen LogP contribution is 2.24. The Morgan fingerprint density at radius 2 is 1.83 bits per heavy atom. The van der Waals surface area contributed by atoms with E-state index in [2.05, 4.69) is 12.2 Å². The molecule has 1 aliphatic carbocycles. The third kappa shape index (κ3) is 5.71. The fraction of sp³-hybridized carbons (Fsp3) is 0.500. The van der Waals surface area contributed by atoms with Crippen LogP contribution in [0.15, 0.2) is 24.3 Å². The second-order valence-electron chi connectivity index (χ2n) is 5.89. The van der Waals surface area contributed by atoms with Crippen LogP contribution in [-0.4, -0.2) is 18.9 Å². The van der Waals surface area contributed by atoms with Crippen LogP contribution < -0.4 is 5.32 Å². The maximum absolute atomic E-state index is 11.9. The molecule has 1 saturated carbocycles. The van der Waals surface area contributed by atoms with Crippen molar-refractivity contribution in [3.8, 4) is 0 Å². The van der Waals surface area contributed by atoms with Crippen LogP contribution in [0.25, 0.3) is 0 Å². The van der Waals surface area contributed by atoms with Gasteiger partial charge in [-0.15, -0.1) is 0 Å². The Bertz CT molecular complexity index is 540. The molecule has 1 atom stereocenters. The van der Waals surface area contributed by atoms with Crippen LogP contribution in [0.5, 0.6) is 0 Å². The molecule has 0 heterocycles. The summed E-state index contributed by atoms with van der Waals surface area (Å²) in [6, 6.07) is 6.85. The lowest BCUT2D eigenvalue weighted by Gasteiger charge is -2.20. The van der Waals surface area contributed by atoms with Gasteiger partial charge in [-0.1, -0.05) is 49.9 Å². The number of benzene rings is 1. The first kappa shape index (κ1) is 18.6. The molecule has 0 bridgehead atoms. The van der Waals surface area contributed by atoms with E-state index in [-0.39, 0.29) is 24.7 Å². The standard InChI is InChI=1S/C18H23ClNO4/c1-2-16(13-8-10-15(19)11-9-13)20-18(22)24-12-23-17(21)14-6-4-3-5-7-14/h8-11,14,16H,1-7,12H2,(H,20,22). The molecule has 5 nitrogen and oxygen atoms in total. The number of carbonyl (C=O) groups is 2. The van der Waals surface area contributed by atoms with Crippen molar-refractivity contribution < 1.29 is 19.1 Å². The summed E-state index contributed by atoms with van der Waals surface area (Å²) in [5.74, 6) is -0.346. The van der Waals surface area contributed by atoms with Crippen molar-refractivity contribution in [1.29, 1.82) is 0 Å². The van der Waals surface area contributed by atoms with Crippen molar-refractivity contribution in [2.24, 2.45) is 5.92 Å². The average molecular weight is 353 g/mol. The van der Waals surface area contributed by atoms with Crippen LogP contribution in [0.3, 0.4) is 0 Å². The molecule has 6 heteroatoms. The molecule has 1 amide bonds. The van der Waals surface area contributed by atoms with Gasteiger partial charge < -0.3 is 14.8 Å². The summed E-state index contributed by atoms with van der Waals surface area (Å²) < 4.78 is 9.97. The molecular formula is C18H23ClNO4. The summed E-state index contributed by atoms with van der Waals surface area (Å²) in [7, 11) is 0. The highest BCUT2D eigenvalue weighted by molar-refractivity contribution is 6.30. The minimum Gasteiger partial charge on any atom is -0.428 e. The van der Waals surface area contributed by atoms with Gasteiger partial charge >= 0.3 is 12.1 Å². The van der Waals surface area contributed by atoms with Gasteiger partial charge in [-0.05, 0) is 37.0 Å². The van der Waals surface area contributed by atoms with E-state index in [4.69, 9.17) is 21.1 Å². The topological polar surface area (TPSA) is 64.6 Å². The lowest BCUT2D eigenvalue weighted by molar-refractivity contribution is -0.158. The fourth-order valence-electron chi connectivity index (χ4n) is 2.80. The number of rotatable bonds is 6. The van der Waals surface area contributed by atoms with Gasteiger partial charge in [0.2, 0.25) is 6.79 Å². The predicted octanol–water partition coefficient (Wildman–Crippen LogP) is 4.41. The first-order valence-electron chi connectivity index (χ1n) is 8.24. The molecule has 1 aliphatic rings. The quantitative estimate of drug-likeness (QED) is 0.608. The molecule has 0 aliphatic heterocycles. The summed E-state index contributed by atoms with van der Waals surface area (Å²) in [5.41, 5.74) is 0.880. The van der Waals surface area contributed by atoms with Gasteiger partial charge in [0.25, 0.3) is 0 Å². The maximum Gasteiger partial charge on any atom is 0.410 e. The largest absolute Gasteiger partial charge is 0.428 e. The van der Waals surface area contributed by atoms with Crippen molar-refractivity contribution >= 4 is 23.7 Å². The summed E-state index contributed by atoms with van der Waals surface area (Å²) >= 11 is 5.85.